The minimum absolute atomic E-state index is 0.243. The third-order valence-corrected chi connectivity index (χ3v) is 5.52. The summed E-state index contributed by atoms with van der Waals surface area (Å²) in [7, 11) is 1.58. The summed E-state index contributed by atoms with van der Waals surface area (Å²) in [6.07, 6.45) is 0. The van der Waals surface area contributed by atoms with Gasteiger partial charge >= 0.3 is 0 Å². The molecule has 3 aromatic rings. The SMILES string of the molecule is CCOc1ccc(N2C(=O)C(Nc3cc(C)ccc3C)=C(c3ccc(OC)cc3)C2=O)cc1. The molecule has 168 valence electrons. The highest BCUT2D eigenvalue weighted by atomic mass is 16.5. The van der Waals surface area contributed by atoms with Crippen LogP contribution in [0.25, 0.3) is 5.57 Å². The van der Waals surface area contributed by atoms with E-state index in [0.29, 0.717) is 34.9 Å². The van der Waals surface area contributed by atoms with Gasteiger partial charge in [-0.2, -0.15) is 0 Å². The van der Waals surface area contributed by atoms with Crippen LogP contribution in [0.2, 0.25) is 0 Å². The number of nitrogens with one attached hydrogen (secondary N) is 1. The van der Waals surface area contributed by atoms with Gasteiger partial charge in [-0.05, 0) is 79.9 Å². The van der Waals surface area contributed by atoms with E-state index in [0.717, 1.165) is 16.8 Å². The number of methoxy groups -OCH3 is 1. The first kappa shape index (κ1) is 22.1. The Kier molecular flexibility index (Phi) is 6.18. The summed E-state index contributed by atoms with van der Waals surface area (Å²) in [6, 6.07) is 20.0. The maximum absolute atomic E-state index is 13.6. The number of ether oxygens (including phenoxy) is 2. The molecule has 0 spiro atoms. The van der Waals surface area contributed by atoms with Crippen LogP contribution < -0.4 is 19.7 Å². The Morgan fingerprint density at radius 2 is 1.52 bits per heavy atom. The lowest BCUT2D eigenvalue weighted by Crippen LogP contribution is -2.32. The molecular formula is C27H26N2O4. The van der Waals surface area contributed by atoms with E-state index in [1.807, 2.05) is 39.0 Å². The number of rotatable bonds is 7. The first-order chi connectivity index (χ1) is 15.9. The molecule has 0 saturated carbocycles. The Bertz CT molecular complexity index is 1230. The van der Waals surface area contributed by atoms with Crippen molar-refractivity contribution in [1.82, 2.24) is 0 Å². The standard InChI is InChI=1S/C27H26N2O4/c1-5-33-22-14-10-20(11-15-22)29-26(30)24(19-8-12-21(32-4)13-9-19)25(27(29)31)28-23-16-17(2)6-7-18(23)3/h6-16,28H,5H2,1-4H3. The Labute approximate surface area is 193 Å². The number of hydrogen-bond acceptors (Lipinski definition) is 5. The summed E-state index contributed by atoms with van der Waals surface area (Å²) in [4.78, 5) is 28.3. The largest absolute Gasteiger partial charge is 0.497 e. The number of carbonyl (C=O) groups excluding carboxylic acids is 2. The van der Waals surface area contributed by atoms with Crippen LogP contribution in [0.4, 0.5) is 11.4 Å². The van der Waals surface area contributed by atoms with Gasteiger partial charge in [-0.3, -0.25) is 9.59 Å². The summed E-state index contributed by atoms with van der Waals surface area (Å²) in [5.74, 6) is 0.555. The van der Waals surface area contributed by atoms with Crippen molar-refractivity contribution in [3.8, 4) is 11.5 Å². The molecule has 1 N–H and O–H groups in total. The predicted octanol–water partition coefficient (Wildman–Crippen LogP) is 5.11. The van der Waals surface area contributed by atoms with Crippen LogP contribution in [0.5, 0.6) is 11.5 Å². The molecule has 0 atom stereocenters. The van der Waals surface area contributed by atoms with Crippen LogP contribution in [0.3, 0.4) is 0 Å². The van der Waals surface area contributed by atoms with Gasteiger partial charge in [0.1, 0.15) is 17.2 Å². The second-order valence-electron chi connectivity index (χ2n) is 7.79. The monoisotopic (exact) mass is 442 g/mol. The van der Waals surface area contributed by atoms with Crippen molar-refractivity contribution in [2.45, 2.75) is 20.8 Å². The molecular weight excluding hydrogens is 416 g/mol. The molecule has 4 rings (SSSR count). The molecule has 6 nitrogen and oxygen atoms in total. The Balaban J connectivity index is 1.79. The van der Waals surface area contributed by atoms with Gasteiger partial charge in [0, 0.05) is 5.69 Å². The summed E-state index contributed by atoms with van der Waals surface area (Å²) < 4.78 is 10.7. The van der Waals surface area contributed by atoms with E-state index in [1.165, 1.54) is 4.90 Å². The van der Waals surface area contributed by atoms with Gasteiger partial charge in [0.2, 0.25) is 0 Å². The van der Waals surface area contributed by atoms with E-state index < -0.39 is 5.91 Å². The first-order valence-electron chi connectivity index (χ1n) is 10.8. The van der Waals surface area contributed by atoms with Crippen molar-refractivity contribution < 1.29 is 19.1 Å². The van der Waals surface area contributed by atoms with Crippen LogP contribution in [-0.4, -0.2) is 25.5 Å². The second-order valence-corrected chi connectivity index (χ2v) is 7.79. The van der Waals surface area contributed by atoms with E-state index in [-0.39, 0.29) is 11.6 Å². The van der Waals surface area contributed by atoms with Crippen LogP contribution in [-0.2, 0) is 9.59 Å². The van der Waals surface area contributed by atoms with E-state index in [2.05, 4.69) is 5.32 Å². The molecule has 1 aliphatic rings. The van der Waals surface area contributed by atoms with Gasteiger partial charge in [-0.15, -0.1) is 0 Å². The smallest absolute Gasteiger partial charge is 0.282 e. The second kappa shape index (κ2) is 9.20. The highest BCUT2D eigenvalue weighted by Gasteiger charge is 2.40. The highest BCUT2D eigenvalue weighted by molar-refractivity contribution is 6.46. The predicted molar refractivity (Wildman–Crippen MR) is 130 cm³/mol. The van der Waals surface area contributed by atoms with Crippen LogP contribution in [0.15, 0.2) is 72.4 Å². The zero-order valence-corrected chi connectivity index (χ0v) is 19.1. The van der Waals surface area contributed by atoms with Crippen molar-refractivity contribution in [2.24, 2.45) is 0 Å². The molecule has 2 amide bonds. The molecule has 1 heterocycles. The third kappa shape index (κ3) is 4.32. The fourth-order valence-corrected chi connectivity index (χ4v) is 3.77. The van der Waals surface area contributed by atoms with Crippen molar-refractivity contribution in [2.75, 3.05) is 23.9 Å². The van der Waals surface area contributed by atoms with E-state index in [4.69, 9.17) is 9.47 Å². The minimum Gasteiger partial charge on any atom is -0.497 e. The normalized spacial score (nSPS) is 13.5. The van der Waals surface area contributed by atoms with Crippen molar-refractivity contribution in [1.29, 1.82) is 0 Å². The van der Waals surface area contributed by atoms with Gasteiger partial charge in [0.15, 0.2) is 0 Å². The molecule has 0 aromatic heterocycles. The molecule has 33 heavy (non-hydrogen) atoms. The Morgan fingerprint density at radius 3 is 2.15 bits per heavy atom. The highest BCUT2D eigenvalue weighted by Crippen LogP contribution is 2.35. The lowest BCUT2D eigenvalue weighted by molar-refractivity contribution is -0.120. The molecule has 0 unspecified atom stereocenters. The van der Waals surface area contributed by atoms with Crippen LogP contribution >= 0.6 is 0 Å². The van der Waals surface area contributed by atoms with E-state index in [1.54, 1.807) is 55.6 Å². The van der Waals surface area contributed by atoms with E-state index in [9.17, 15) is 9.59 Å². The molecule has 0 saturated heterocycles. The average molecular weight is 443 g/mol. The third-order valence-electron chi connectivity index (χ3n) is 5.52. The molecule has 0 aliphatic carbocycles. The number of amides is 2. The first-order valence-corrected chi connectivity index (χ1v) is 10.8. The number of imide groups is 1. The molecule has 3 aromatic carbocycles. The fraction of sp³-hybridized carbons (Fsp3) is 0.185. The van der Waals surface area contributed by atoms with Gasteiger partial charge < -0.3 is 14.8 Å². The van der Waals surface area contributed by atoms with Crippen LogP contribution in [0, 0.1) is 13.8 Å². The number of anilines is 2. The molecule has 0 fully saturated rings. The fourth-order valence-electron chi connectivity index (χ4n) is 3.77. The zero-order chi connectivity index (χ0) is 23.5. The van der Waals surface area contributed by atoms with Crippen LogP contribution in [0.1, 0.15) is 23.6 Å². The molecule has 0 bridgehead atoms. The van der Waals surface area contributed by atoms with Crippen molar-refractivity contribution in [3.05, 3.63) is 89.1 Å². The number of carbonyl (C=O) groups is 2. The molecule has 0 radical (unpaired) electrons. The number of aryl methyl sites for hydroxylation is 2. The summed E-state index contributed by atoms with van der Waals surface area (Å²) in [5.41, 5.74) is 4.49. The van der Waals surface area contributed by atoms with Gasteiger partial charge in [-0.25, -0.2) is 4.90 Å². The lowest BCUT2D eigenvalue weighted by Gasteiger charge is -2.16. The quantitative estimate of drug-likeness (QED) is 0.515. The topological polar surface area (TPSA) is 67.9 Å². The molecule has 6 heteroatoms. The summed E-state index contributed by atoms with van der Waals surface area (Å²) in [5, 5.41) is 3.25. The van der Waals surface area contributed by atoms with Crippen molar-refractivity contribution in [3.63, 3.8) is 0 Å². The summed E-state index contributed by atoms with van der Waals surface area (Å²) in [6.45, 7) is 6.38. The van der Waals surface area contributed by atoms with Gasteiger partial charge in [0.05, 0.1) is 25.0 Å². The van der Waals surface area contributed by atoms with Crippen molar-refractivity contribution >= 4 is 28.8 Å². The van der Waals surface area contributed by atoms with Gasteiger partial charge in [-0.1, -0.05) is 24.3 Å². The summed E-state index contributed by atoms with van der Waals surface area (Å²) >= 11 is 0. The van der Waals surface area contributed by atoms with Gasteiger partial charge in [0.25, 0.3) is 11.8 Å². The lowest BCUT2D eigenvalue weighted by atomic mass is 10.0. The number of nitrogens with zero attached hydrogens (tertiary/aromatic N) is 1. The number of benzene rings is 3. The zero-order valence-electron chi connectivity index (χ0n) is 19.1. The maximum Gasteiger partial charge on any atom is 0.282 e. The molecule has 1 aliphatic heterocycles. The Morgan fingerprint density at radius 1 is 0.848 bits per heavy atom. The van der Waals surface area contributed by atoms with E-state index >= 15 is 0 Å². The minimum atomic E-state index is -0.407. The average Bonchev–Trinajstić information content (AvgIpc) is 3.06. The number of hydrogen-bond donors (Lipinski definition) is 1. The Hall–Kier alpha value is -4.06. The maximum atomic E-state index is 13.6.